The van der Waals surface area contributed by atoms with Crippen molar-refractivity contribution >= 4 is 185 Å². The Bertz CT molecular complexity index is 4330. The zero-order valence-electron chi connectivity index (χ0n) is 59.2. The van der Waals surface area contributed by atoms with E-state index in [1.165, 1.54) is 34.6 Å². The van der Waals surface area contributed by atoms with Gasteiger partial charge in [-0.05, 0) is 0 Å². The van der Waals surface area contributed by atoms with Gasteiger partial charge in [-0.3, -0.25) is 65.0 Å². The number of aliphatic hydroxyl groups excluding tert-OH is 4. The fraction of sp³-hybridized carbons (Fsp3) is 0.654. The monoisotopic (exact) mass is 1820 g/mol. The van der Waals surface area contributed by atoms with E-state index in [1.807, 2.05) is 0 Å². The predicted octanol–water partition coefficient (Wildman–Crippen LogP) is -0.153. The number of aliphatic hydroxyl groups is 4. The summed E-state index contributed by atoms with van der Waals surface area (Å²) in [5.74, 6) is 1.73. The largest absolute Gasteiger partial charge is 0.481 e. The first kappa shape index (κ1) is 95.4. The summed E-state index contributed by atoms with van der Waals surface area (Å²) in [6.45, 7) is 2.42. The first-order chi connectivity index (χ1) is 52.1. The van der Waals surface area contributed by atoms with Crippen LogP contribution in [0.15, 0.2) is 35.1 Å². The number of ether oxygens (including phenoxy) is 2. The van der Waals surface area contributed by atoms with E-state index in [2.05, 4.69) is 68.8 Å². The highest BCUT2D eigenvalue weighted by atomic mass is 32.2. The smallest absolute Gasteiger partial charge is 0.386 e. The molecule has 8 rings (SSSR count). The molecule has 0 aliphatic carbocycles. The molecule has 4 aromatic heterocycles. The number of hydrogen-bond acceptors (Lipinski definition) is 40. The van der Waals surface area contributed by atoms with Gasteiger partial charge in [-0.2, -0.15) is 8.62 Å². The van der Waals surface area contributed by atoms with E-state index in [9.17, 15) is 116 Å². The fourth-order valence-electron chi connectivity index (χ4n) is 9.94. The van der Waals surface area contributed by atoms with Crippen molar-refractivity contribution in [3.63, 3.8) is 0 Å². The lowest BCUT2D eigenvalue weighted by atomic mass is 9.87. The highest BCUT2D eigenvalue weighted by molar-refractivity contribution is 8.26. The number of carbonyl (C=O) groups is 6. The number of amides is 4. The fourth-order valence-corrected chi connectivity index (χ4v) is 23.0. The molecular weight excluding hydrogens is 1740 g/mol. The van der Waals surface area contributed by atoms with Crippen molar-refractivity contribution in [3.05, 3.63) is 35.1 Å². The number of nitrogens with one attached hydrogen (secondary N) is 4. The number of carbonyl (C=O) groups excluding carboxylic acids is 6. The maximum Gasteiger partial charge on any atom is 0.481 e. The third-order valence-corrected chi connectivity index (χ3v) is 29.1. The van der Waals surface area contributed by atoms with Crippen LogP contribution in [-0.4, -0.2) is 273 Å². The van der Waals surface area contributed by atoms with Crippen molar-refractivity contribution in [2.24, 2.45) is 10.8 Å². The predicted molar refractivity (Wildman–Crippen MR) is 401 cm³/mol. The second kappa shape index (κ2) is 41.3. The summed E-state index contributed by atoms with van der Waals surface area (Å²) in [6.07, 6.45) is -13.8. The summed E-state index contributed by atoms with van der Waals surface area (Å²) < 4.78 is 125. The normalized spacial score (nSPS) is 23.2. The van der Waals surface area contributed by atoms with Gasteiger partial charge >= 0.3 is 46.9 Å². The van der Waals surface area contributed by atoms with E-state index >= 15 is 0 Å². The Balaban J connectivity index is 0.000000316. The SMILES string of the molecule is CC(=O)SCCNC(=O)CCNC(=O)[C@H](O)C(C)(C)COP(=O)(O)OP(=O)(O)OC[C@H]1O[C@@H](n2cnc3c(N)ncnc32)[C@H](O)[C@@H]1OP(=O)(O)O.CC(C)(COP(=O)(O)OP(=O)(O)OC[C@H]1O[C@@H](n2cnc3c(N)ncnc32)[C@H](O)[C@@H]1OP(=O)(O)O)[C@@H](O)C(=O)NCCC(=O)NCCSC(=O)C(=C1SCCS1)C1SCCS1. The van der Waals surface area contributed by atoms with E-state index in [1.54, 1.807) is 47.0 Å². The molecular formula is C52H82N14O34P6S6. The number of hydrogen-bond donors (Lipinski definition) is 18. The van der Waals surface area contributed by atoms with Gasteiger partial charge in [0.1, 0.15) is 72.5 Å². The second-order valence-corrected chi connectivity index (χ2v) is 41.1. The Hall–Kier alpha value is -3.74. The molecule has 4 saturated heterocycles. The molecule has 0 radical (unpaired) electrons. The number of thioether (sulfide) groups is 6. The van der Waals surface area contributed by atoms with Gasteiger partial charge in [0.15, 0.2) is 40.5 Å². The minimum Gasteiger partial charge on any atom is -0.386 e. The Morgan fingerprint density at radius 1 is 0.571 bits per heavy atom. The summed E-state index contributed by atoms with van der Waals surface area (Å²) in [5.41, 5.74) is 9.37. The molecule has 4 aliphatic heterocycles. The first-order valence-corrected chi connectivity index (χ1v) is 47.5. The lowest BCUT2D eigenvalue weighted by Gasteiger charge is -2.30. The summed E-state index contributed by atoms with van der Waals surface area (Å²) >= 11 is 9.09. The van der Waals surface area contributed by atoms with Crippen LogP contribution in [0.5, 0.6) is 0 Å². The number of rotatable bonds is 40. The van der Waals surface area contributed by atoms with Crippen LogP contribution < -0.4 is 32.7 Å². The number of anilines is 2. The number of phosphoric acid groups is 6. The molecule has 48 nitrogen and oxygen atoms in total. The van der Waals surface area contributed by atoms with Gasteiger partial charge in [-0.1, -0.05) is 51.2 Å². The van der Waals surface area contributed by atoms with Crippen molar-refractivity contribution in [2.45, 2.75) is 113 Å². The Morgan fingerprint density at radius 2 is 0.955 bits per heavy atom. The summed E-state index contributed by atoms with van der Waals surface area (Å²) in [4.78, 5) is 175. The van der Waals surface area contributed by atoms with Gasteiger partial charge in [-0.15, -0.1) is 47.0 Å². The zero-order valence-corrected chi connectivity index (χ0v) is 69.5. The van der Waals surface area contributed by atoms with E-state index in [0.29, 0.717) is 11.5 Å². The van der Waals surface area contributed by atoms with Crippen LogP contribution in [0, 0.1) is 10.8 Å². The highest BCUT2D eigenvalue weighted by Crippen LogP contribution is 2.63. The molecule has 4 amide bonds. The molecule has 4 unspecified atom stereocenters. The third kappa shape index (κ3) is 28.8. The van der Waals surface area contributed by atoms with Gasteiger partial charge in [0.25, 0.3) is 0 Å². The average Bonchev–Trinajstić information content (AvgIpc) is 1.62. The van der Waals surface area contributed by atoms with Crippen molar-refractivity contribution in [1.82, 2.24) is 60.3 Å². The number of nitrogens with two attached hydrogens (primary N) is 2. The van der Waals surface area contributed by atoms with Crippen LogP contribution in [0.2, 0.25) is 0 Å². The van der Waals surface area contributed by atoms with E-state index in [4.69, 9.17) is 39.0 Å². The molecule has 0 saturated carbocycles. The Morgan fingerprint density at radius 3 is 1.34 bits per heavy atom. The van der Waals surface area contributed by atoms with Crippen molar-refractivity contribution in [1.29, 1.82) is 0 Å². The van der Waals surface area contributed by atoms with Crippen molar-refractivity contribution < 1.29 is 161 Å². The van der Waals surface area contributed by atoms with Crippen LogP contribution in [-0.2, 0) is 101 Å². The number of fused-ring (bicyclic) bond motifs is 2. The molecule has 14 atom stereocenters. The molecule has 60 heteroatoms. The molecule has 4 fully saturated rings. The maximum atomic E-state index is 13.1. The van der Waals surface area contributed by atoms with Crippen molar-refractivity contribution in [3.8, 4) is 0 Å². The van der Waals surface area contributed by atoms with Crippen LogP contribution in [0.4, 0.5) is 11.6 Å². The quantitative estimate of drug-likeness (QED) is 0.0156. The average molecular weight is 1830 g/mol. The van der Waals surface area contributed by atoms with Gasteiger partial charge < -0.3 is 102 Å². The Labute approximate surface area is 660 Å². The molecule has 630 valence electrons. The van der Waals surface area contributed by atoms with E-state index < -0.39 is 169 Å². The minimum atomic E-state index is -5.58. The first-order valence-electron chi connectivity index (χ1n) is 32.4. The van der Waals surface area contributed by atoms with Crippen LogP contribution in [0.25, 0.3) is 22.3 Å². The highest BCUT2D eigenvalue weighted by Gasteiger charge is 2.53. The lowest BCUT2D eigenvalue weighted by molar-refractivity contribution is -0.137. The molecule has 0 spiro atoms. The molecule has 4 aliphatic rings. The zero-order chi connectivity index (χ0) is 83.1. The summed E-state index contributed by atoms with van der Waals surface area (Å²) in [5, 5.41) is 52.7. The molecule has 8 heterocycles. The van der Waals surface area contributed by atoms with Crippen LogP contribution in [0.1, 0.15) is 59.9 Å². The molecule has 112 heavy (non-hydrogen) atoms. The van der Waals surface area contributed by atoms with Gasteiger partial charge in [-0.25, -0.2) is 57.3 Å². The summed E-state index contributed by atoms with van der Waals surface area (Å²) in [6, 6.07) is 0. The number of imidazole rings is 2. The van der Waals surface area contributed by atoms with Gasteiger partial charge in [0.2, 0.25) is 28.7 Å². The summed E-state index contributed by atoms with van der Waals surface area (Å²) in [7, 11) is -32.8. The van der Waals surface area contributed by atoms with Gasteiger partial charge in [0.05, 0.1) is 43.7 Å². The topological polar surface area (TPSA) is 727 Å². The number of nitrogens with zero attached hydrogens (tertiary/aromatic N) is 8. The third-order valence-electron chi connectivity index (χ3n) is 15.4. The van der Waals surface area contributed by atoms with Crippen LogP contribution in [0.3, 0.4) is 0 Å². The number of aromatic nitrogens is 8. The number of nitrogen functional groups attached to an aromatic ring is 2. The van der Waals surface area contributed by atoms with Gasteiger partial charge in [0, 0.05) is 101 Å². The van der Waals surface area contributed by atoms with Crippen LogP contribution >= 0.6 is 118 Å². The van der Waals surface area contributed by atoms with E-state index in [-0.39, 0.29) is 87.8 Å². The molecule has 4 aromatic rings. The number of phosphoric ester groups is 6. The van der Waals surface area contributed by atoms with Crippen molar-refractivity contribution in [2.75, 3.05) is 98.6 Å². The molecule has 0 bridgehead atoms. The Kier molecular flexibility index (Phi) is 35.2. The standard InChI is InChI=1S/C29H44N7O17P3S5.C23H38N7O17P3S/c1-29(2,21(39)24(40)32-4-3-16(37)31-5-6-57-26(41)17(27-58-7-8-59-27)28-60-9-10-61-28)12-50-56(47,48)53-55(45,46)49-11-15-20(52-54(42,43)44)19(38)25(51-15)36-14-35-18-22(30)33-13-34-23(18)36;1-12(31)51-7-6-25-14(32)4-5-26-21(35)18(34)23(2,3)9-44-50(41,42)47-49(39,40)43-8-13-17(46-48(36,37)38)16(33)22(45-13)30-11-29-15-19(24)27-10-28-20(15)30/h13-15,19-21,25,27,38-39H,3-12H2,1-2H3,(H,31,37)(H,32,40)(H,45,46)(H,47,48)(H2,30,33,34)(H2,42,43,44);10-11,13,16-18,22,33-34H,4-9H2,1-3H3,(H,25,32)(H,26,35)(H,39,40)(H,41,42)(H2,24,27,28)(H2,36,37,38)/t15-,19-,20-,21+,25-;13-,16-,17-,18+,22-/m11/s1. The second-order valence-electron chi connectivity index (χ2n) is 25.1. The maximum absolute atomic E-state index is 13.1. The van der Waals surface area contributed by atoms with E-state index in [0.717, 1.165) is 90.8 Å². The molecule has 20 N–H and O–H groups in total. The molecule has 0 aromatic carbocycles. The minimum absolute atomic E-state index is 0.00465. The lowest BCUT2D eigenvalue weighted by Crippen LogP contribution is -2.46.